The minimum Gasteiger partial charge on any atom is -0.306 e. The molecule has 0 saturated heterocycles. The van der Waals surface area contributed by atoms with Crippen molar-refractivity contribution in [2.45, 2.75) is 40.8 Å². The van der Waals surface area contributed by atoms with Gasteiger partial charge in [0.05, 0.1) is 5.69 Å². The van der Waals surface area contributed by atoms with E-state index in [2.05, 4.69) is 30.2 Å². The molecule has 21 heavy (non-hydrogen) atoms. The number of carbonyl (C=O) groups excluding carboxylic acids is 1. The minimum atomic E-state index is 0.0379. The molecule has 4 nitrogen and oxygen atoms in total. The molecule has 0 aliphatic carbocycles. The van der Waals surface area contributed by atoms with Crippen LogP contribution in [0, 0.1) is 13.8 Å². The maximum Gasteiger partial charge on any atom is 0.225 e. The van der Waals surface area contributed by atoms with Gasteiger partial charge in [-0.2, -0.15) is 0 Å². The summed E-state index contributed by atoms with van der Waals surface area (Å²) in [5.74, 6) is 0.0379. The van der Waals surface area contributed by atoms with E-state index in [1.165, 1.54) is 26.7 Å². The van der Waals surface area contributed by atoms with E-state index in [4.69, 9.17) is 0 Å². The first-order valence-corrected chi connectivity index (χ1v) is 8.70. The number of aromatic nitrogens is 1. The average Bonchev–Trinajstić information content (AvgIpc) is 2.99. The van der Waals surface area contributed by atoms with Crippen LogP contribution in [-0.2, 0) is 17.9 Å². The zero-order chi connectivity index (χ0) is 15.4. The van der Waals surface area contributed by atoms with Crippen LogP contribution in [0.15, 0.2) is 11.4 Å². The van der Waals surface area contributed by atoms with Gasteiger partial charge in [-0.25, -0.2) is 4.98 Å². The Morgan fingerprint density at radius 1 is 1.38 bits per heavy atom. The van der Waals surface area contributed by atoms with Crippen molar-refractivity contribution in [3.63, 3.8) is 0 Å². The number of rotatable bonds is 6. The van der Waals surface area contributed by atoms with Gasteiger partial charge in [-0.05, 0) is 32.4 Å². The smallest absolute Gasteiger partial charge is 0.225 e. The predicted molar refractivity (Wildman–Crippen MR) is 90.2 cm³/mol. The molecule has 0 atom stereocenters. The standard InChI is InChI=1S/C15H21N3OS2/c1-5-18(12(4)19)15-17-13(9-20-15)7-16-8-14-6-10(2)11(3)21-14/h6,9,16H,5,7-8H2,1-4H3. The lowest BCUT2D eigenvalue weighted by atomic mass is 10.3. The van der Waals surface area contributed by atoms with Crippen LogP contribution in [0.25, 0.3) is 0 Å². The van der Waals surface area contributed by atoms with Gasteiger partial charge in [0.2, 0.25) is 5.91 Å². The summed E-state index contributed by atoms with van der Waals surface area (Å²) in [7, 11) is 0. The van der Waals surface area contributed by atoms with E-state index in [-0.39, 0.29) is 5.91 Å². The van der Waals surface area contributed by atoms with Crippen LogP contribution in [0.1, 0.15) is 34.9 Å². The van der Waals surface area contributed by atoms with E-state index in [0.717, 1.165) is 23.9 Å². The number of thiazole rings is 1. The normalized spacial score (nSPS) is 10.9. The van der Waals surface area contributed by atoms with Gasteiger partial charge in [0.25, 0.3) is 0 Å². The molecule has 0 radical (unpaired) electrons. The van der Waals surface area contributed by atoms with Crippen LogP contribution < -0.4 is 10.2 Å². The first-order valence-electron chi connectivity index (χ1n) is 7.00. The number of hydrogen-bond donors (Lipinski definition) is 1. The zero-order valence-electron chi connectivity index (χ0n) is 12.9. The van der Waals surface area contributed by atoms with Crippen molar-refractivity contribution in [3.05, 3.63) is 32.5 Å². The SMILES string of the molecule is CCN(C(C)=O)c1nc(CNCc2cc(C)c(C)s2)cs1. The Morgan fingerprint density at radius 3 is 2.71 bits per heavy atom. The number of nitrogens with one attached hydrogen (secondary N) is 1. The molecule has 0 aliphatic heterocycles. The molecular formula is C15H21N3OS2. The van der Waals surface area contributed by atoms with Crippen LogP contribution in [0.3, 0.4) is 0 Å². The van der Waals surface area contributed by atoms with Gasteiger partial charge in [0.15, 0.2) is 5.13 Å². The molecule has 1 N–H and O–H groups in total. The lowest BCUT2D eigenvalue weighted by Crippen LogP contribution is -2.27. The maximum absolute atomic E-state index is 11.5. The fourth-order valence-corrected chi connectivity index (χ4v) is 4.00. The Balaban J connectivity index is 1.89. The third-order valence-corrected chi connectivity index (χ3v) is 5.35. The topological polar surface area (TPSA) is 45.2 Å². The number of carbonyl (C=O) groups is 1. The largest absolute Gasteiger partial charge is 0.306 e. The monoisotopic (exact) mass is 323 g/mol. The van der Waals surface area contributed by atoms with Gasteiger partial charge in [-0.3, -0.25) is 9.69 Å². The first-order chi connectivity index (χ1) is 10.0. The molecule has 0 aromatic carbocycles. The van der Waals surface area contributed by atoms with Crippen molar-refractivity contribution in [2.75, 3.05) is 11.4 Å². The average molecular weight is 323 g/mol. The van der Waals surface area contributed by atoms with Gasteiger partial charge >= 0.3 is 0 Å². The van der Waals surface area contributed by atoms with Crippen LogP contribution >= 0.6 is 22.7 Å². The Morgan fingerprint density at radius 2 is 2.14 bits per heavy atom. The molecule has 0 spiro atoms. The van der Waals surface area contributed by atoms with E-state index in [9.17, 15) is 4.79 Å². The molecule has 114 valence electrons. The van der Waals surface area contributed by atoms with Crippen molar-refractivity contribution in [3.8, 4) is 0 Å². The highest BCUT2D eigenvalue weighted by Gasteiger charge is 2.13. The lowest BCUT2D eigenvalue weighted by Gasteiger charge is -2.14. The fraction of sp³-hybridized carbons (Fsp3) is 0.467. The molecule has 0 fully saturated rings. The number of thiophene rings is 1. The Kier molecular flexibility index (Phi) is 5.50. The molecule has 1 amide bonds. The van der Waals surface area contributed by atoms with Crippen LogP contribution in [0.5, 0.6) is 0 Å². The third-order valence-electron chi connectivity index (χ3n) is 3.29. The number of aryl methyl sites for hydroxylation is 2. The van der Waals surface area contributed by atoms with Gasteiger partial charge in [-0.15, -0.1) is 22.7 Å². The Bertz CT molecular complexity index is 599. The highest BCUT2D eigenvalue weighted by atomic mass is 32.1. The van der Waals surface area contributed by atoms with E-state index in [1.54, 1.807) is 11.8 Å². The van der Waals surface area contributed by atoms with Gasteiger partial charge < -0.3 is 5.32 Å². The van der Waals surface area contributed by atoms with E-state index >= 15 is 0 Å². The number of hydrogen-bond acceptors (Lipinski definition) is 5. The summed E-state index contributed by atoms with van der Waals surface area (Å²) in [5, 5.41) is 6.20. The van der Waals surface area contributed by atoms with Crippen molar-refractivity contribution in [2.24, 2.45) is 0 Å². The zero-order valence-corrected chi connectivity index (χ0v) is 14.5. The van der Waals surface area contributed by atoms with Crippen molar-refractivity contribution >= 4 is 33.7 Å². The third kappa shape index (κ3) is 4.12. The summed E-state index contributed by atoms with van der Waals surface area (Å²) in [6.45, 7) is 10.1. The summed E-state index contributed by atoms with van der Waals surface area (Å²) < 4.78 is 0. The molecule has 2 heterocycles. The summed E-state index contributed by atoms with van der Waals surface area (Å²) in [6, 6.07) is 2.23. The first kappa shape index (κ1) is 16.1. The lowest BCUT2D eigenvalue weighted by molar-refractivity contribution is -0.116. The fourth-order valence-electron chi connectivity index (χ4n) is 2.04. The summed E-state index contributed by atoms with van der Waals surface area (Å²) in [4.78, 5) is 20.4. The summed E-state index contributed by atoms with van der Waals surface area (Å²) in [5.41, 5.74) is 2.34. The molecule has 0 saturated carbocycles. The second-order valence-electron chi connectivity index (χ2n) is 4.94. The van der Waals surface area contributed by atoms with Gasteiger partial charge in [0, 0.05) is 41.7 Å². The molecule has 6 heteroatoms. The highest BCUT2D eigenvalue weighted by Crippen LogP contribution is 2.22. The van der Waals surface area contributed by atoms with Crippen LogP contribution in [0.2, 0.25) is 0 Å². The number of amides is 1. The Hall–Kier alpha value is -1.24. The molecule has 2 aromatic heterocycles. The van der Waals surface area contributed by atoms with Gasteiger partial charge in [-0.1, -0.05) is 0 Å². The Labute approximate surface area is 133 Å². The van der Waals surface area contributed by atoms with Crippen molar-refractivity contribution in [1.29, 1.82) is 0 Å². The second kappa shape index (κ2) is 7.15. The summed E-state index contributed by atoms with van der Waals surface area (Å²) >= 11 is 3.35. The second-order valence-corrected chi connectivity index (χ2v) is 7.12. The quantitative estimate of drug-likeness (QED) is 0.885. The molecular weight excluding hydrogens is 302 g/mol. The number of nitrogens with zero attached hydrogens (tertiary/aromatic N) is 2. The van der Waals surface area contributed by atoms with E-state index in [1.807, 2.05) is 23.6 Å². The molecule has 0 aliphatic rings. The van der Waals surface area contributed by atoms with Gasteiger partial charge in [0.1, 0.15) is 0 Å². The number of anilines is 1. The summed E-state index contributed by atoms with van der Waals surface area (Å²) in [6.07, 6.45) is 0. The van der Waals surface area contributed by atoms with E-state index < -0.39 is 0 Å². The van der Waals surface area contributed by atoms with E-state index in [0.29, 0.717) is 6.54 Å². The van der Waals surface area contributed by atoms with Crippen LogP contribution in [-0.4, -0.2) is 17.4 Å². The predicted octanol–water partition coefficient (Wildman–Crippen LogP) is 3.48. The highest BCUT2D eigenvalue weighted by molar-refractivity contribution is 7.14. The molecule has 2 aromatic rings. The molecule has 2 rings (SSSR count). The molecule has 0 bridgehead atoms. The van der Waals surface area contributed by atoms with Crippen LogP contribution in [0.4, 0.5) is 5.13 Å². The maximum atomic E-state index is 11.5. The van der Waals surface area contributed by atoms with Crippen molar-refractivity contribution < 1.29 is 4.79 Å². The minimum absolute atomic E-state index is 0.0379. The van der Waals surface area contributed by atoms with Crippen molar-refractivity contribution in [1.82, 2.24) is 10.3 Å². The molecule has 0 unspecified atom stereocenters.